The number of alkyl halides is 3. The van der Waals surface area contributed by atoms with Crippen LogP contribution in [-0.2, 0) is 6.18 Å². The van der Waals surface area contributed by atoms with Gasteiger partial charge in [-0.15, -0.1) is 11.3 Å². The number of thiophene rings is 1. The predicted octanol–water partition coefficient (Wildman–Crippen LogP) is 8.01. The van der Waals surface area contributed by atoms with Crippen LogP contribution in [0.2, 0.25) is 0 Å². The summed E-state index contributed by atoms with van der Waals surface area (Å²) >= 11 is 2.80. The minimum atomic E-state index is -4.45. The molecule has 2 N–H and O–H groups in total. The third kappa shape index (κ3) is 4.52. The second kappa shape index (κ2) is 8.15. The molecule has 2 saturated carbocycles. The normalized spacial score (nSPS) is 16.2. The van der Waals surface area contributed by atoms with Gasteiger partial charge < -0.3 is 9.83 Å². The zero-order chi connectivity index (χ0) is 22.5. The van der Waals surface area contributed by atoms with Crippen LogP contribution in [0.5, 0.6) is 0 Å². The third-order valence-electron chi connectivity index (χ3n) is 5.77. The molecule has 3 nitrogen and oxygen atoms in total. The number of rotatable bonds is 7. The number of anilines is 1. The molecule has 0 radical (unpaired) electrons. The second-order valence-corrected chi connectivity index (χ2v) is 10.2. The van der Waals surface area contributed by atoms with Crippen LogP contribution in [0.1, 0.15) is 63.9 Å². The van der Waals surface area contributed by atoms with Crippen molar-refractivity contribution in [1.29, 1.82) is 0 Å². The molecule has 2 fully saturated rings. The first kappa shape index (κ1) is 21.4. The number of carbonyl (C=O) groups is 1. The van der Waals surface area contributed by atoms with E-state index in [1.165, 1.54) is 22.9 Å². The van der Waals surface area contributed by atoms with Gasteiger partial charge in [-0.2, -0.15) is 13.2 Å². The molecule has 0 atom stereocenters. The summed E-state index contributed by atoms with van der Waals surface area (Å²) < 4.78 is 43.3. The van der Waals surface area contributed by atoms with Crippen molar-refractivity contribution in [3.63, 3.8) is 0 Å². The Morgan fingerprint density at radius 2 is 1.75 bits per heavy atom. The quantitative estimate of drug-likeness (QED) is 0.340. The zero-order valence-electron chi connectivity index (χ0n) is 16.9. The van der Waals surface area contributed by atoms with Gasteiger partial charge in [0.05, 0.1) is 16.8 Å². The topological polar surface area (TPSA) is 49.3 Å². The summed E-state index contributed by atoms with van der Waals surface area (Å²) in [6.45, 7) is 0. The van der Waals surface area contributed by atoms with E-state index in [1.54, 1.807) is 23.5 Å². The highest BCUT2D eigenvalue weighted by atomic mass is 32.2. The molecule has 0 aliphatic heterocycles. The lowest BCUT2D eigenvalue weighted by Crippen LogP contribution is -2.06. The Bertz CT molecular complexity index is 1180. The molecule has 0 unspecified atom stereocenters. The Labute approximate surface area is 191 Å². The zero-order valence-corrected chi connectivity index (χ0v) is 18.5. The minimum Gasteiger partial charge on any atom is -0.478 e. The number of carboxylic acid groups (broad SMARTS) is 1. The van der Waals surface area contributed by atoms with Crippen LogP contribution in [0.15, 0.2) is 53.4 Å². The van der Waals surface area contributed by atoms with Crippen molar-refractivity contribution in [2.24, 2.45) is 0 Å². The number of nitrogens with one attached hydrogen (secondary N) is 1. The minimum absolute atomic E-state index is 0.162. The van der Waals surface area contributed by atoms with E-state index in [-0.39, 0.29) is 5.56 Å². The first-order valence-electron chi connectivity index (χ1n) is 10.4. The average Bonchev–Trinajstić information content (AvgIpc) is 3.70. The highest BCUT2D eigenvalue weighted by Gasteiger charge is 2.32. The van der Waals surface area contributed by atoms with Gasteiger partial charge in [-0.25, -0.2) is 4.79 Å². The Morgan fingerprint density at radius 1 is 1.00 bits per heavy atom. The molecular weight excluding hydrogens is 455 g/mol. The third-order valence-corrected chi connectivity index (χ3v) is 7.94. The number of halogens is 3. The van der Waals surface area contributed by atoms with E-state index in [0.29, 0.717) is 23.1 Å². The SMILES string of the molecule is O=C(O)c1ccc(C2CC2)c(SNc2cc(C(F)(F)F)ccc2-c2ccc(C3CC3)s2)c1. The lowest BCUT2D eigenvalue weighted by atomic mass is 10.1. The van der Waals surface area contributed by atoms with Crippen molar-refractivity contribution < 1.29 is 23.1 Å². The largest absolute Gasteiger partial charge is 0.478 e. The highest BCUT2D eigenvalue weighted by molar-refractivity contribution is 8.00. The van der Waals surface area contributed by atoms with E-state index < -0.39 is 17.7 Å². The van der Waals surface area contributed by atoms with Crippen molar-refractivity contribution >= 4 is 34.9 Å². The van der Waals surface area contributed by atoms with Gasteiger partial charge in [-0.1, -0.05) is 12.1 Å². The number of aromatic carboxylic acids is 1. The van der Waals surface area contributed by atoms with Gasteiger partial charge in [0.2, 0.25) is 0 Å². The van der Waals surface area contributed by atoms with Crippen LogP contribution >= 0.6 is 23.3 Å². The molecule has 5 rings (SSSR count). The van der Waals surface area contributed by atoms with Crippen LogP contribution in [0.25, 0.3) is 10.4 Å². The summed E-state index contributed by atoms with van der Waals surface area (Å²) in [4.78, 5) is 14.4. The molecule has 0 amide bonds. The summed E-state index contributed by atoms with van der Waals surface area (Å²) in [5.74, 6) is -0.0736. The molecule has 2 aliphatic rings. The maximum atomic E-state index is 13.4. The van der Waals surface area contributed by atoms with Crippen LogP contribution in [0, 0.1) is 0 Å². The fourth-order valence-corrected chi connectivity index (χ4v) is 5.85. The summed E-state index contributed by atoms with van der Waals surface area (Å²) in [7, 11) is 0. The first-order chi connectivity index (χ1) is 15.3. The smallest absolute Gasteiger partial charge is 0.416 e. The monoisotopic (exact) mass is 475 g/mol. The van der Waals surface area contributed by atoms with Gasteiger partial charge in [0.1, 0.15) is 0 Å². The number of benzene rings is 2. The Morgan fingerprint density at radius 3 is 2.41 bits per heavy atom. The Kier molecular flexibility index (Phi) is 5.45. The first-order valence-corrected chi connectivity index (χ1v) is 12.0. The molecule has 0 spiro atoms. The molecule has 1 heterocycles. The average molecular weight is 476 g/mol. The lowest BCUT2D eigenvalue weighted by molar-refractivity contribution is -0.137. The highest BCUT2D eigenvalue weighted by Crippen LogP contribution is 2.48. The van der Waals surface area contributed by atoms with Crippen molar-refractivity contribution in [3.05, 3.63) is 70.1 Å². The van der Waals surface area contributed by atoms with E-state index in [9.17, 15) is 23.1 Å². The number of carboxylic acids is 1. The van der Waals surface area contributed by atoms with E-state index in [1.807, 2.05) is 12.1 Å². The summed E-state index contributed by atoms with van der Waals surface area (Å²) in [5.41, 5.74) is 1.56. The molecular formula is C24H20F3NO2S2. The maximum Gasteiger partial charge on any atom is 0.416 e. The van der Waals surface area contributed by atoms with Gasteiger partial charge in [0.15, 0.2) is 0 Å². The summed E-state index contributed by atoms with van der Waals surface area (Å²) in [6, 6.07) is 12.8. The van der Waals surface area contributed by atoms with E-state index >= 15 is 0 Å². The van der Waals surface area contributed by atoms with Crippen LogP contribution in [0.3, 0.4) is 0 Å². The molecule has 0 saturated heterocycles. The van der Waals surface area contributed by atoms with Gasteiger partial charge >= 0.3 is 12.1 Å². The lowest BCUT2D eigenvalue weighted by Gasteiger charge is -2.16. The van der Waals surface area contributed by atoms with Crippen molar-refractivity contribution in [2.75, 3.05) is 4.72 Å². The molecule has 0 bridgehead atoms. The molecule has 3 aromatic rings. The molecule has 2 aromatic carbocycles. The molecule has 8 heteroatoms. The summed E-state index contributed by atoms with van der Waals surface area (Å²) in [6.07, 6.45) is -0.0476. The van der Waals surface area contributed by atoms with E-state index in [4.69, 9.17) is 0 Å². The molecule has 2 aliphatic carbocycles. The van der Waals surface area contributed by atoms with E-state index in [0.717, 1.165) is 53.2 Å². The standard InChI is InChI=1S/C24H20F3NO2S2/c25-24(26,27)16-6-8-18(21-10-9-20(31-21)14-3-4-14)19(12-16)28-32-22-11-15(23(29)30)5-7-17(22)13-1-2-13/h5-14,28H,1-4H2,(H,29,30). The molecule has 1 aromatic heterocycles. The second-order valence-electron chi connectivity index (χ2n) is 8.27. The van der Waals surface area contributed by atoms with Crippen LogP contribution in [-0.4, -0.2) is 11.1 Å². The van der Waals surface area contributed by atoms with E-state index in [2.05, 4.69) is 10.8 Å². The fraction of sp³-hybridized carbons (Fsp3) is 0.292. The van der Waals surface area contributed by atoms with Gasteiger partial charge in [0.25, 0.3) is 0 Å². The fourth-order valence-electron chi connectivity index (χ4n) is 3.70. The molecule has 32 heavy (non-hydrogen) atoms. The van der Waals surface area contributed by atoms with Crippen molar-refractivity contribution in [3.8, 4) is 10.4 Å². The number of hydrogen-bond acceptors (Lipinski definition) is 4. The van der Waals surface area contributed by atoms with Gasteiger partial charge in [-0.05, 0) is 91.4 Å². The Hall–Kier alpha value is -2.45. The Balaban J connectivity index is 1.49. The van der Waals surface area contributed by atoms with Gasteiger partial charge in [-0.3, -0.25) is 0 Å². The predicted molar refractivity (Wildman–Crippen MR) is 122 cm³/mol. The molecule has 166 valence electrons. The van der Waals surface area contributed by atoms with Crippen molar-refractivity contribution in [2.45, 2.75) is 48.6 Å². The van der Waals surface area contributed by atoms with Crippen LogP contribution < -0.4 is 4.72 Å². The maximum absolute atomic E-state index is 13.4. The van der Waals surface area contributed by atoms with Crippen molar-refractivity contribution in [1.82, 2.24) is 0 Å². The number of hydrogen-bond donors (Lipinski definition) is 2. The van der Waals surface area contributed by atoms with Crippen LogP contribution in [0.4, 0.5) is 18.9 Å². The van der Waals surface area contributed by atoms with Gasteiger partial charge in [0, 0.05) is 20.2 Å². The summed E-state index contributed by atoms with van der Waals surface area (Å²) in [5, 5.41) is 9.36.